The van der Waals surface area contributed by atoms with Crippen LogP contribution in [0.3, 0.4) is 0 Å². The minimum absolute atomic E-state index is 0.00561. The second-order valence-corrected chi connectivity index (χ2v) is 10.3. The number of methoxy groups -OCH3 is 1. The van der Waals surface area contributed by atoms with E-state index in [1.807, 2.05) is 37.3 Å². The van der Waals surface area contributed by atoms with E-state index in [9.17, 15) is 19.2 Å². The van der Waals surface area contributed by atoms with Gasteiger partial charge in [-0.3, -0.25) is 14.4 Å². The highest BCUT2D eigenvalue weighted by Crippen LogP contribution is 2.45. The van der Waals surface area contributed by atoms with Crippen molar-refractivity contribution in [2.24, 2.45) is 5.92 Å². The van der Waals surface area contributed by atoms with Crippen LogP contribution in [-0.2, 0) is 37.6 Å². The lowest BCUT2D eigenvalue weighted by Crippen LogP contribution is -2.47. The molecule has 38 heavy (non-hydrogen) atoms. The molecule has 5 rings (SSSR count). The Kier molecular flexibility index (Phi) is 7.21. The highest BCUT2D eigenvalue weighted by molar-refractivity contribution is 6.06. The van der Waals surface area contributed by atoms with Crippen molar-refractivity contribution in [2.75, 3.05) is 26.8 Å². The molecule has 2 aromatic rings. The fourth-order valence-corrected chi connectivity index (χ4v) is 5.46. The summed E-state index contributed by atoms with van der Waals surface area (Å²) in [6.07, 6.45) is 2.08. The van der Waals surface area contributed by atoms with E-state index in [-0.39, 0.29) is 30.8 Å². The zero-order chi connectivity index (χ0) is 26.9. The van der Waals surface area contributed by atoms with Gasteiger partial charge in [-0.05, 0) is 55.4 Å². The van der Waals surface area contributed by atoms with Gasteiger partial charge in [-0.2, -0.15) is 0 Å². The van der Waals surface area contributed by atoms with E-state index in [2.05, 4.69) is 5.32 Å². The molecule has 9 nitrogen and oxygen atoms in total. The summed E-state index contributed by atoms with van der Waals surface area (Å²) in [5.41, 5.74) is 1.36. The number of nitrogens with zero attached hydrogens (tertiary/aromatic N) is 2. The minimum atomic E-state index is -1.45. The van der Waals surface area contributed by atoms with Gasteiger partial charge in [-0.1, -0.05) is 36.4 Å². The standard InChI is InChI=1S/C29H33N3O6/c1-19(21-8-9-21)31(17-20-6-4-3-5-7-20)25(33)18-32-27(35)29(38-28(32)36)13-12-22-16-23(10-11-24(22)29)26(34)30-14-15-37-2/h3-7,10-11,16,19,21H,8-9,12-15,17-18H2,1-2H3,(H,30,34)/t19-,29+/m0/s1. The fourth-order valence-electron chi connectivity index (χ4n) is 5.46. The van der Waals surface area contributed by atoms with Crippen LogP contribution >= 0.6 is 0 Å². The molecule has 2 aliphatic carbocycles. The summed E-state index contributed by atoms with van der Waals surface area (Å²) >= 11 is 0. The van der Waals surface area contributed by atoms with Crippen LogP contribution in [0.1, 0.15) is 53.2 Å². The van der Waals surface area contributed by atoms with Crippen molar-refractivity contribution in [3.8, 4) is 0 Å². The Hall–Kier alpha value is -3.72. The van der Waals surface area contributed by atoms with Crippen LogP contribution < -0.4 is 5.32 Å². The number of benzene rings is 2. The number of aryl methyl sites for hydroxylation is 1. The Balaban J connectivity index is 1.32. The van der Waals surface area contributed by atoms with Crippen molar-refractivity contribution >= 4 is 23.8 Å². The van der Waals surface area contributed by atoms with Crippen LogP contribution in [-0.4, -0.2) is 66.5 Å². The van der Waals surface area contributed by atoms with Crippen LogP contribution in [0, 0.1) is 5.92 Å². The van der Waals surface area contributed by atoms with Crippen LogP contribution in [0.25, 0.3) is 0 Å². The third kappa shape index (κ3) is 4.90. The number of ether oxygens (including phenoxy) is 2. The second kappa shape index (κ2) is 10.6. The van der Waals surface area contributed by atoms with Crippen molar-refractivity contribution < 1.29 is 28.7 Å². The predicted octanol–water partition coefficient (Wildman–Crippen LogP) is 3.01. The molecule has 2 atom stereocenters. The summed E-state index contributed by atoms with van der Waals surface area (Å²) in [5, 5.41) is 2.78. The van der Waals surface area contributed by atoms with Crippen molar-refractivity contribution in [3.05, 3.63) is 70.8 Å². The number of rotatable bonds is 10. The summed E-state index contributed by atoms with van der Waals surface area (Å²) in [4.78, 5) is 55.3. The molecule has 1 saturated carbocycles. The normalized spacial score (nSPS) is 20.8. The molecule has 1 N–H and O–H groups in total. The highest BCUT2D eigenvalue weighted by atomic mass is 16.6. The lowest BCUT2D eigenvalue weighted by atomic mass is 9.94. The molecule has 2 aromatic carbocycles. The number of nitrogens with one attached hydrogen (secondary N) is 1. The minimum Gasteiger partial charge on any atom is -0.427 e. The molecular weight excluding hydrogens is 486 g/mol. The average molecular weight is 520 g/mol. The number of carbonyl (C=O) groups excluding carboxylic acids is 4. The third-order valence-corrected chi connectivity index (χ3v) is 7.82. The number of imide groups is 1. The molecule has 200 valence electrons. The Morgan fingerprint density at radius 3 is 2.66 bits per heavy atom. The van der Waals surface area contributed by atoms with Crippen LogP contribution in [0.15, 0.2) is 48.5 Å². The Morgan fingerprint density at radius 1 is 1.18 bits per heavy atom. The number of hydrogen-bond acceptors (Lipinski definition) is 6. The second-order valence-electron chi connectivity index (χ2n) is 10.3. The largest absolute Gasteiger partial charge is 0.427 e. The first kappa shape index (κ1) is 25.9. The molecule has 1 spiro atoms. The monoisotopic (exact) mass is 519 g/mol. The van der Waals surface area contributed by atoms with Gasteiger partial charge in [0.15, 0.2) is 0 Å². The zero-order valence-corrected chi connectivity index (χ0v) is 21.8. The number of amides is 4. The van der Waals surface area contributed by atoms with Gasteiger partial charge in [0.05, 0.1) is 6.61 Å². The van der Waals surface area contributed by atoms with Crippen molar-refractivity contribution in [2.45, 2.75) is 50.8 Å². The topological polar surface area (TPSA) is 105 Å². The molecular formula is C29H33N3O6. The number of carbonyl (C=O) groups is 4. The Morgan fingerprint density at radius 2 is 1.95 bits per heavy atom. The molecule has 3 aliphatic rings. The van der Waals surface area contributed by atoms with Gasteiger partial charge in [0.1, 0.15) is 6.54 Å². The quantitative estimate of drug-likeness (QED) is 0.484. The molecule has 1 aliphatic heterocycles. The number of fused-ring (bicyclic) bond motifs is 2. The summed E-state index contributed by atoms with van der Waals surface area (Å²) in [5.74, 6) is -0.614. The lowest BCUT2D eigenvalue weighted by Gasteiger charge is -2.30. The SMILES string of the molecule is COCCNC(=O)c1ccc2c(c1)CC[C@@]21OC(=O)N(CC(=O)N(Cc2ccccc2)[C@@H](C)C2CC2)C1=O. The van der Waals surface area contributed by atoms with Crippen molar-refractivity contribution in [1.29, 1.82) is 0 Å². The molecule has 1 saturated heterocycles. The van der Waals surface area contributed by atoms with Gasteiger partial charge in [0.25, 0.3) is 11.8 Å². The van der Waals surface area contributed by atoms with E-state index >= 15 is 0 Å². The van der Waals surface area contributed by atoms with Crippen LogP contribution in [0.5, 0.6) is 0 Å². The summed E-state index contributed by atoms with van der Waals surface area (Å²) in [6, 6.07) is 14.8. The average Bonchev–Trinajstić information content (AvgIpc) is 3.68. The van der Waals surface area contributed by atoms with E-state index in [1.54, 1.807) is 30.2 Å². The Bertz CT molecular complexity index is 1240. The molecule has 9 heteroatoms. The molecule has 0 bridgehead atoms. The smallest absolute Gasteiger partial charge is 0.418 e. The van der Waals surface area contributed by atoms with E-state index < -0.39 is 17.6 Å². The summed E-state index contributed by atoms with van der Waals surface area (Å²) < 4.78 is 10.7. The van der Waals surface area contributed by atoms with Gasteiger partial charge in [-0.25, -0.2) is 9.69 Å². The van der Waals surface area contributed by atoms with Gasteiger partial charge in [0.2, 0.25) is 11.5 Å². The maximum absolute atomic E-state index is 13.6. The van der Waals surface area contributed by atoms with Crippen LogP contribution in [0.4, 0.5) is 4.79 Å². The first-order valence-electron chi connectivity index (χ1n) is 13.1. The fraction of sp³-hybridized carbons (Fsp3) is 0.448. The van der Waals surface area contributed by atoms with E-state index in [1.165, 1.54) is 0 Å². The molecule has 0 aromatic heterocycles. The molecule has 4 amide bonds. The zero-order valence-electron chi connectivity index (χ0n) is 21.8. The van der Waals surface area contributed by atoms with E-state index in [4.69, 9.17) is 9.47 Å². The third-order valence-electron chi connectivity index (χ3n) is 7.82. The van der Waals surface area contributed by atoms with Crippen molar-refractivity contribution in [3.63, 3.8) is 0 Å². The maximum atomic E-state index is 13.6. The molecule has 2 fully saturated rings. The highest BCUT2D eigenvalue weighted by Gasteiger charge is 2.58. The van der Waals surface area contributed by atoms with Gasteiger partial charge in [-0.15, -0.1) is 0 Å². The first-order chi connectivity index (χ1) is 18.3. The predicted molar refractivity (Wildman–Crippen MR) is 138 cm³/mol. The summed E-state index contributed by atoms with van der Waals surface area (Å²) in [7, 11) is 1.56. The van der Waals surface area contributed by atoms with E-state index in [0.29, 0.717) is 43.2 Å². The van der Waals surface area contributed by atoms with Crippen LogP contribution in [0.2, 0.25) is 0 Å². The first-order valence-corrected chi connectivity index (χ1v) is 13.1. The van der Waals surface area contributed by atoms with Crippen molar-refractivity contribution in [1.82, 2.24) is 15.1 Å². The molecule has 0 unspecified atom stereocenters. The van der Waals surface area contributed by atoms with E-state index in [0.717, 1.165) is 28.9 Å². The summed E-state index contributed by atoms with van der Waals surface area (Å²) in [6.45, 7) is 2.87. The maximum Gasteiger partial charge on any atom is 0.418 e. The molecule has 0 radical (unpaired) electrons. The van der Waals surface area contributed by atoms with Gasteiger partial charge < -0.3 is 19.7 Å². The number of hydrogen-bond donors (Lipinski definition) is 1. The van der Waals surface area contributed by atoms with Gasteiger partial charge in [0, 0.05) is 43.8 Å². The molecule has 1 heterocycles. The van der Waals surface area contributed by atoms with Gasteiger partial charge >= 0.3 is 6.09 Å². The Labute approximate surface area is 222 Å². The lowest BCUT2D eigenvalue weighted by molar-refractivity contribution is -0.143.